The lowest BCUT2D eigenvalue weighted by molar-refractivity contribution is -0.142. The first-order valence-electron chi connectivity index (χ1n) is 7.86. The summed E-state index contributed by atoms with van der Waals surface area (Å²) in [5.74, 6) is -0.694. The molecule has 2 rings (SSSR count). The smallest absolute Gasteiger partial charge is 0.317 e. The molecule has 1 amide bonds. The van der Waals surface area contributed by atoms with E-state index < -0.39 is 5.97 Å². The maximum absolute atomic E-state index is 12.3. The molecule has 6 nitrogen and oxygen atoms in total. The molecule has 0 aliphatic carbocycles. The highest BCUT2D eigenvalue weighted by Crippen LogP contribution is 2.14. The molecule has 23 heavy (non-hydrogen) atoms. The molecule has 128 valence electrons. The third kappa shape index (κ3) is 6.29. The molecule has 0 radical (unpaired) electrons. The summed E-state index contributed by atoms with van der Waals surface area (Å²) in [7, 11) is 1.75. The second-order valence-electron chi connectivity index (χ2n) is 5.86. The summed E-state index contributed by atoms with van der Waals surface area (Å²) in [5, 5.41) is 10.8. The first-order valence-corrected chi connectivity index (χ1v) is 8.74. The van der Waals surface area contributed by atoms with Crippen LogP contribution in [-0.4, -0.2) is 72.7 Å². The fourth-order valence-corrected chi connectivity index (χ4v) is 3.48. The van der Waals surface area contributed by atoms with E-state index in [2.05, 4.69) is 11.4 Å². The van der Waals surface area contributed by atoms with Gasteiger partial charge in [-0.3, -0.25) is 14.5 Å². The fourth-order valence-electron chi connectivity index (χ4n) is 2.73. The first-order chi connectivity index (χ1) is 11.0. The van der Waals surface area contributed by atoms with Gasteiger partial charge in [0.1, 0.15) is 0 Å². The molecular formula is C16H24N2O4S. The highest BCUT2D eigenvalue weighted by Gasteiger charge is 2.25. The van der Waals surface area contributed by atoms with Crippen molar-refractivity contribution in [2.24, 2.45) is 0 Å². The number of likely N-dealkylation sites (N-methyl/N-ethyl adjacent to an activating group) is 1. The van der Waals surface area contributed by atoms with Gasteiger partial charge in [-0.2, -0.15) is 0 Å². The molecule has 0 bridgehead atoms. The Morgan fingerprint density at radius 2 is 2.35 bits per heavy atom. The number of carbonyl (C=O) groups is 2. The number of carboxylic acid groups (broad SMARTS) is 1. The normalized spacial score (nSPS) is 18.3. The number of ether oxygens (including phenoxy) is 1. The van der Waals surface area contributed by atoms with E-state index in [1.54, 1.807) is 23.3 Å². The van der Waals surface area contributed by atoms with Crippen LogP contribution < -0.4 is 0 Å². The summed E-state index contributed by atoms with van der Waals surface area (Å²) in [6.07, 6.45) is 2.24. The van der Waals surface area contributed by atoms with Crippen LogP contribution in [0.3, 0.4) is 0 Å². The minimum atomic E-state index is -0.857. The van der Waals surface area contributed by atoms with Crippen LogP contribution in [0.1, 0.15) is 17.7 Å². The Morgan fingerprint density at radius 3 is 3.04 bits per heavy atom. The largest absolute Gasteiger partial charge is 0.480 e. The van der Waals surface area contributed by atoms with Crippen LogP contribution in [0.15, 0.2) is 17.5 Å². The molecule has 2 heterocycles. The maximum atomic E-state index is 12.3. The van der Waals surface area contributed by atoms with E-state index in [9.17, 15) is 9.59 Å². The molecular weight excluding hydrogens is 316 g/mol. The van der Waals surface area contributed by atoms with Crippen molar-refractivity contribution < 1.29 is 19.4 Å². The molecule has 1 aliphatic rings. The highest BCUT2D eigenvalue weighted by atomic mass is 32.1. The van der Waals surface area contributed by atoms with Gasteiger partial charge in [0.15, 0.2) is 0 Å². The van der Waals surface area contributed by atoms with E-state index in [0.717, 1.165) is 12.8 Å². The minimum Gasteiger partial charge on any atom is -0.480 e. The van der Waals surface area contributed by atoms with E-state index in [-0.39, 0.29) is 18.6 Å². The van der Waals surface area contributed by atoms with Crippen molar-refractivity contribution in [1.82, 2.24) is 9.80 Å². The van der Waals surface area contributed by atoms with Crippen LogP contribution in [0.5, 0.6) is 0 Å². The molecule has 1 fully saturated rings. The van der Waals surface area contributed by atoms with Gasteiger partial charge in [-0.15, -0.1) is 11.3 Å². The van der Waals surface area contributed by atoms with Crippen LogP contribution in [-0.2, 0) is 20.7 Å². The molecule has 1 N–H and O–H groups in total. The topological polar surface area (TPSA) is 70.1 Å². The van der Waals surface area contributed by atoms with Gasteiger partial charge in [0.05, 0.1) is 19.3 Å². The van der Waals surface area contributed by atoms with Gasteiger partial charge in [0.25, 0.3) is 0 Å². The fraction of sp³-hybridized carbons (Fsp3) is 0.625. The van der Waals surface area contributed by atoms with E-state index in [1.807, 2.05) is 11.0 Å². The molecule has 1 aromatic heterocycles. The number of morpholine rings is 1. The molecule has 1 saturated heterocycles. The zero-order chi connectivity index (χ0) is 16.7. The van der Waals surface area contributed by atoms with Gasteiger partial charge in [-0.1, -0.05) is 6.07 Å². The molecule has 1 aliphatic heterocycles. The molecule has 0 unspecified atom stereocenters. The maximum Gasteiger partial charge on any atom is 0.317 e. The lowest BCUT2D eigenvalue weighted by Crippen LogP contribution is -2.49. The zero-order valence-electron chi connectivity index (χ0n) is 13.4. The third-order valence-electron chi connectivity index (χ3n) is 3.81. The van der Waals surface area contributed by atoms with Crippen molar-refractivity contribution in [3.8, 4) is 0 Å². The Balaban J connectivity index is 1.71. The van der Waals surface area contributed by atoms with Crippen molar-refractivity contribution in [3.63, 3.8) is 0 Å². The van der Waals surface area contributed by atoms with Crippen LogP contribution in [0.25, 0.3) is 0 Å². The average Bonchev–Trinajstić information content (AvgIpc) is 2.99. The van der Waals surface area contributed by atoms with Gasteiger partial charge in [-0.25, -0.2) is 0 Å². The quantitative estimate of drug-likeness (QED) is 0.773. The van der Waals surface area contributed by atoms with Crippen molar-refractivity contribution in [1.29, 1.82) is 0 Å². The predicted molar refractivity (Wildman–Crippen MR) is 88.7 cm³/mol. The van der Waals surface area contributed by atoms with E-state index in [1.165, 1.54) is 4.88 Å². The number of aliphatic carboxylic acids is 1. The number of hydrogen-bond acceptors (Lipinski definition) is 5. The number of thiophene rings is 1. The Morgan fingerprint density at radius 1 is 1.52 bits per heavy atom. The standard InChI is InChI=1S/C16H24N2O4S/c1-17(12-16(20)21)10-13-11-18(7-8-22-13)15(19)6-2-4-14-5-3-9-23-14/h3,5,9,13H,2,4,6-8,10-12H2,1H3,(H,20,21)/t13-/m1/s1. The summed E-state index contributed by atoms with van der Waals surface area (Å²) in [5.41, 5.74) is 0. The van der Waals surface area contributed by atoms with Crippen LogP contribution in [0.4, 0.5) is 0 Å². The Bertz CT molecular complexity index is 506. The predicted octanol–water partition coefficient (Wildman–Crippen LogP) is 1.31. The summed E-state index contributed by atoms with van der Waals surface area (Å²) < 4.78 is 5.65. The van der Waals surface area contributed by atoms with Crippen molar-refractivity contribution in [2.75, 3.05) is 39.8 Å². The first kappa shape index (κ1) is 17.9. The van der Waals surface area contributed by atoms with Gasteiger partial charge < -0.3 is 14.7 Å². The Hall–Kier alpha value is -1.44. The second kappa shape index (κ2) is 9.00. The van der Waals surface area contributed by atoms with E-state index in [4.69, 9.17) is 9.84 Å². The lowest BCUT2D eigenvalue weighted by atomic mass is 10.1. The van der Waals surface area contributed by atoms with Crippen molar-refractivity contribution >= 4 is 23.2 Å². The molecule has 0 saturated carbocycles. The van der Waals surface area contributed by atoms with Crippen LogP contribution >= 0.6 is 11.3 Å². The van der Waals surface area contributed by atoms with Crippen molar-refractivity contribution in [2.45, 2.75) is 25.4 Å². The minimum absolute atomic E-state index is 0.0192. The summed E-state index contributed by atoms with van der Waals surface area (Å²) in [4.78, 5) is 27.9. The zero-order valence-corrected chi connectivity index (χ0v) is 14.3. The molecule has 1 aromatic rings. The van der Waals surface area contributed by atoms with Gasteiger partial charge >= 0.3 is 5.97 Å². The summed E-state index contributed by atoms with van der Waals surface area (Å²) in [6.45, 7) is 2.18. The number of nitrogens with zero attached hydrogens (tertiary/aromatic N) is 2. The number of hydrogen-bond donors (Lipinski definition) is 1. The molecule has 0 spiro atoms. The number of carboxylic acids is 1. The van der Waals surface area contributed by atoms with Crippen LogP contribution in [0, 0.1) is 0 Å². The van der Waals surface area contributed by atoms with Gasteiger partial charge in [0, 0.05) is 30.9 Å². The highest BCUT2D eigenvalue weighted by molar-refractivity contribution is 7.09. The Kier molecular flexibility index (Phi) is 7.01. The Labute approximate surface area is 140 Å². The average molecular weight is 340 g/mol. The lowest BCUT2D eigenvalue weighted by Gasteiger charge is -2.34. The molecule has 1 atom stereocenters. The van der Waals surface area contributed by atoms with E-state index in [0.29, 0.717) is 32.7 Å². The van der Waals surface area contributed by atoms with Gasteiger partial charge in [-0.05, 0) is 31.3 Å². The SMILES string of the molecule is CN(CC(=O)O)C[C@@H]1CN(C(=O)CCCc2cccs2)CCO1. The second-order valence-corrected chi connectivity index (χ2v) is 6.89. The summed E-state index contributed by atoms with van der Waals surface area (Å²) >= 11 is 1.72. The summed E-state index contributed by atoms with van der Waals surface area (Å²) in [6, 6.07) is 4.13. The monoisotopic (exact) mass is 340 g/mol. The third-order valence-corrected chi connectivity index (χ3v) is 4.74. The molecule has 0 aromatic carbocycles. The number of amides is 1. The number of rotatable bonds is 8. The van der Waals surface area contributed by atoms with Crippen molar-refractivity contribution in [3.05, 3.63) is 22.4 Å². The number of carbonyl (C=O) groups excluding carboxylic acids is 1. The van der Waals surface area contributed by atoms with E-state index >= 15 is 0 Å². The molecule has 7 heteroatoms. The van der Waals surface area contributed by atoms with Gasteiger partial charge in [0.2, 0.25) is 5.91 Å². The number of aryl methyl sites for hydroxylation is 1. The van der Waals surface area contributed by atoms with Crippen LogP contribution in [0.2, 0.25) is 0 Å².